The molecule has 0 spiro atoms. The van der Waals surface area contributed by atoms with Gasteiger partial charge < -0.3 is 15.0 Å². The summed E-state index contributed by atoms with van der Waals surface area (Å²) in [5, 5.41) is 2.99. The molecule has 3 aromatic rings. The van der Waals surface area contributed by atoms with E-state index in [1.165, 1.54) is 24.4 Å². The second-order valence-electron chi connectivity index (χ2n) is 8.47. The number of amides is 2. The molecule has 186 valence electrons. The summed E-state index contributed by atoms with van der Waals surface area (Å²) in [5.74, 6) is -0.204. The number of ether oxygens (including phenoxy) is 1. The third-order valence-corrected chi connectivity index (χ3v) is 5.96. The van der Waals surface area contributed by atoms with Crippen molar-refractivity contribution in [3.8, 4) is 11.5 Å². The first-order valence-electron chi connectivity index (χ1n) is 12.0. The van der Waals surface area contributed by atoms with Crippen LogP contribution in [0.15, 0.2) is 73.1 Å². The fraction of sp³-hybridized carbons (Fsp3) is 0.250. The minimum atomic E-state index is -0.526. The monoisotopic (exact) mass is 488 g/mol. The molecule has 0 saturated carbocycles. The number of carbonyl (C=O) groups is 2. The van der Waals surface area contributed by atoms with Gasteiger partial charge in [0.05, 0.1) is 12.7 Å². The van der Waals surface area contributed by atoms with Crippen molar-refractivity contribution in [2.45, 2.75) is 13.3 Å². The van der Waals surface area contributed by atoms with E-state index in [0.717, 1.165) is 17.7 Å². The van der Waals surface area contributed by atoms with E-state index in [1.54, 1.807) is 35.4 Å². The Hall–Kier alpha value is -4.04. The van der Waals surface area contributed by atoms with E-state index in [-0.39, 0.29) is 24.1 Å². The lowest BCUT2D eigenvalue weighted by Gasteiger charge is -2.33. The minimum absolute atomic E-state index is 0.0615. The fourth-order valence-corrected chi connectivity index (χ4v) is 3.98. The van der Waals surface area contributed by atoms with E-state index in [0.29, 0.717) is 37.5 Å². The summed E-state index contributed by atoms with van der Waals surface area (Å²) in [6.45, 7) is 4.60. The van der Waals surface area contributed by atoms with Crippen LogP contribution in [0, 0.1) is 5.82 Å². The number of rotatable bonds is 8. The molecule has 1 aliphatic heterocycles. The van der Waals surface area contributed by atoms with Gasteiger partial charge in [0.15, 0.2) is 11.6 Å². The number of hydrogen-bond donors (Lipinski definition) is 1. The van der Waals surface area contributed by atoms with Crippen LogP contribution >= 0.6 is 0 Å². The molecular weight excluding hydrogens is 459 g/mol. The molecular formula is C28H29FN4O3. The largest absolute Gasteiger partial charge is 0.453 e. The summed E-state index contributed by atoms with van der Waals surface area (Å²) >= 11 is 0. The Labute approximate surface area is 210 Å². The highest BCUT2D eigenvalue weighted by molar-refractivity contribution is 5.93. The van der Waals surface area contributed by atoms with Gasteiger partial charge in [0.1, 0.15) is 5.75 Å². The van der Waals surface area contributed by atoms with Gasteiger partial charge in [-0.25, -0.2) is 4.39 Å². The molecule has 2 aromatic carbocycles. The molecule has 1 aromatic heterocycles. The average Bonchev–Trinajstić information content (AvgIpc) is 2.90. The average molecular weight is 489 g/mol. The maximum atomic E-state index is 14.4. The highest BCUT2D eigenvalue weighted by atomic mass is 19.1. The van der Waals surface area contributed by atoms with Gasteiger partial charge in [-0.15, -0.1) is 0 Å². The number of piperazine rings is 1. The highest BCUT2D eigenvalue weighted by Gasteiger charge is 2.21. The first-order chi connectivity index (χ1) is 17.5. The summed E-state index contributed by atoms with van der Waals surface area (Å²) in [5.41, 5.74) is 2.50. The number of carbonyl (C=O) groups excluding carboxylic acids is 2. The Morgan fingerprint density at radius 3 is 2.61 bits per heavy atom. The van der Waals surface area contributed by atoms with Crippen LogP contribution in [0.1, 0.15) is 18.1 Å². The molecule has 36 heavy (non-hydrogen) atoms. The minimum Gasteiger partial charge on any atom is -0.453 e. The van der Waals surface area contributed by atoms with Crippen molar-refractivity contribution in [1.82, 2.24) is 14.8 Å². The first-order valence-corrected chi connectivity index (χ1v) is 12.0. The number of pyridine rings is 1. The van der Waals surface area contributed by atoms with Gasteiger partial charge in [-0.2, -0.15) is 0 Å². The number of aryl methyl sites for hydroxylation is 1. The third-order valence-electron chi connectivity index (χ3n) is 5.96. The summed E-state index contributed by atoms with van der Waals surface area (Å²) in [7, 11) is 0. The Kier molecular flexibility index (Phi) is 8.41. The van der Waals surface area contributed by atoms with Crippen molar-refractivity contribution in [2.24, 2.45) is 0 Å². The summed E-state index contributed by atoms with van der Waals surface area (Å²) in [6, 6.07) is 15.7. The Morgan fingerprint density at radius 1 is 1.08 bits per heavy atom. The zero-order valence-corrected chi connectivity index (χ0v) is 20.2. The van der Waals surface area contributed by atoms with Gasteiger partial charge in [-0.05, 0) is 54.0 Å². The number of halogens is 1. The third kappa shape index (κ3) is 6.76. The van der Waals surface area contributed by atoms with Gasteiger partial charge in [0.2, 0.25) is 11.8 Å². The molecule has 7 nitrogen and oxygen atoms in total. The molecule has 8 heteroatoms. The molecule has 0 bridgehead atoms. The van der Waals surface area contributed by atoms with Gasteiger partial charge in [-0.1, -0.05) is 31.2 Å². The standard InChI is InChI=1S/C28H29FN4O3/c1-2-22-6-3-4-8-25(22)31-27(34)20-32-14-16-33(17-15-32)28(35)12-10-21-9-11-26(24(29)18-21)36-23-7-5-13-30-19-23/h3-13,18-19H,2,14-17,20H2,1H3,(H,31,34)/b12-10+. The number of hydrogen-bond acceptors (Lipinski definition) is 5. The Morgan fingerprint density at radius 2 is 1.89 bits per heavy atom. The van der Waals surface area contributed by atoms with Gasteiger partial charge in [0.25, 0.3) is 0 Å². The topological polar surface area (TPSA) is 74.8 Å². The molecule has 0 atom stereocenters. The molecule has 0 aliphatic carbocycles. The van der Waals surface area contributed by atoms with Crippen LogP contribution in [0.3, 0.4) is 0 Å². The quantitative estimate of drug-likeness (QED) is 0.477. The zero-order valence-electron chi connectivity index (χ0n) is 20.2. The van der Waals surface area contributed by atoms with Gasteiger partial charge in [-0.3, -0.25) is 19.5 Å². The first kappa shape index (κ1) is 25.1. The summed E-state index contributed by atoms with van der Waals surface area (Å²) in [6.07, 6.45) is 6.99. The number of anilines is 1. The molecule has 4 rings (SSSR count). The van der Waals surface area contributed by atoms with Crippen molar-refractivity contribution in [3.63, 3.8) is 0 Å². The predicted octanol–water partition coefficient (Wildman–Crippen LogP) is 4.37. The normalized spacial score (nSPS) is 14.1. The van der Waals surface area contributed by atoms with Crippen LogP contribution in [0.25, 0.3) is 6.08 Å². The highest BCUT2D eigenvalue weighted by Crippen LogP contribution is 2.25. The van der Waals surface area contributed by atoms with E-state index >= 15 is 0 Å². The SMILES string of the molecule is CCc1ccccc1NC(=O)CN1CCN(C(=O)/C=C/c2ccc(Oc3cccnc3)c(F)c2)CC1. The van der Waals surface area contributed by atoms with E-state index < -0.39 is 5.82 Å². The van der Waals surface area contributed by atoms with E-state index in [2.05, 4.69) is 17.2 Å². The van der Waals surface area contributed by atoms with Crippen LogP contribution in [-0.4, -0.2) is 59.3 Å². The number of aromatic nitrogens is 1. The lowest BCUT2D eigenvalue weighted by molar-refractivity contribution is -0.127. The van der Waals surface area contributed by atoms with Gasteiger partial charge >= 0.3 is 0 Å². The van der Waals surface area contributed by atoms with E-state index in [9.17, 15) is 14.0 Å². The van der Waals surface area contributed by atoms with Crippen LogP contribution < -0.4 is 10.1 Å². The molecule has 1 fully saturated rings. The van der Waals surface area contributed by atoms with Crippen molar-refractivity contribution < 1.29 is 18.7 Å². The molecule has 2 heterocycles. The fourth-order valence-electron chi connectivity index (χ4n) is 3.98. The molecule has 1 saturated heterocycles. The molecule has 1 N–H and O–H groups in total. The smallest absolute Gasteiger partial charge is 0.246 e. The predicted molar refractivity (Wildman–Crippen MR) is 137 cm³/mol. The number of nitrogens with zero attached hydrogens (tertiary/aromatic N) is 3. The molecule has 1 aliphatic rings. The van der Waals surface area contributed by atoms with Crippen molar-refractivity contribution in [2.75, 3.05) is 38.0 Å². The second-order valence-corrected chi connectivity index (χ2v) is 8.47. The van der Waals surface area contributed by atoms with Crippen molar-refractivity contribution in [1.29, 1.82) is 0 Å². The lowest BCUT2D eigenvalue weighted by Crippen LogP contribution is -2.50. The van der Waals surface area contributed by atoms with Crippen LogP contribution in [0.4, 0.5) is 10.1 Å². The van der Waals surface area contributed by atoms with Gasteiger partial charge in [0, 0.05) is 44.1 Å². The summed E-state index contributed by atoms with van der Waals surface area (Å²) in [4.78, 5) is 32.8. The van der Waals surface area contributed by atoms with Crippen molar-refractivity contribution in [3.05, 3.63) is 90.0 Å². The Bertz CT molecular complexity index is 1220. The number of para-hydroxylation sites is 1. The summed E-state index contributed by atoms with van der Waals surface area (Å²) < 4.78 is 19.9. The maximum absolute atomic E-state index is 14.4. The zero-order chi connectivity index (χ0) is 25.3. The Balaban J connectivity index is 1.25. The van der Waals surface area contributed by atoms with E-state index in [4.69, 9.17) is 4.74 Å². The number of benzene rings is 2. The molecule has 0 unspecified atom stereocenters. The number of nitrogens with one attached hydrogen (secondary N) is 1. The second kappa shape index (κ2) is 12.1. The molecule has 0 radical (unpaired) electrons. The van der Waals surface area contributed by atoms with Crippen molar-refractivity contribution >= 4 is 23.6 Å². The molecule has 2 amide bonds. The van der Waals surface area contributed by atoms with Crippen LogP contribution in [-0.2, 0) is 16.0 Å². The van der Waals surface area contributed by atoms with E-state index in [1.807, 2.05) is 29.2 Å². The maximum Gasteiger partial charge on any atom is 0.246 e. The van der Waals surface area contributed by atoms with Crippen LogP contribution in [0.2, 0.25) is 0 Å². The lowest BCUT2D eigenvalue weighted by atomic mass is 10.1. The van der Waals surface area contributed by atoms with Crippen LogP contribution in [0.5, 0.6) is 11.5 Å².